The minimum Gasteiger partial charge on any atom is -0.490 e. The van der Waals surface area contributed by atoms with Crippen molar-refractivity contribution < 1.29 is 17.9 Å². The minimum absolute atomic E-state index is 0.112. The summed E-state index contributed by atoms with van der Waals surface area (Å²) in [6, 6.07) is 17.7. The summed E-state index contributed by atoms with van der Waals surface area (Å²) >= 11 is 0. The van der Waals surface area contributed by atoms with E-state index in [4.69, 9.17) is 10.5 Å². The number of rotatable bonds is 8. The zero-order valence-electron chi connectivity index (χ0n) is 22.6. The first-order chi connectivity index (χ1) is 19.7. The monoisotopic (exact) mass is 564 g/mol. The Bertz CT molecular complexity index is 1610. The molecule has 0 saturated carbocycles. The Morgan fingerprint density at radius 2 is 1.51 bits per heavy atom. The van der Waals surface area contributed by atoms with Crippen molar-refractivity contribution in [2.45, 2.75) is 45.0 Å². The van der Waals surface area contributed by atoms with Crippen molar-refractivity contribution in [3.8, 4) is 5.75 Å². The SMILES string of the molecule is Cc1c(N2CCC(Oc3ccc(F)cc3)CC2)c(=O)n(CC(N)c2ccccc2)c(=O)n1Cc1c(F)cccc1F. The summed E-state index contributed by atoms with van der Waals surface area (Å²) in [6.45, 7) is 2.00. The van der Waals surface area contributed by atoms with Crippen LogP contribution in [0.4, 0.5) is 18.9 Å². The lowest BCUT2D eigenvalue weighted by atomic mass is 10.1. The summed E-state index contributed by atoms with van der Waals surface area (Å²) in [6.07, 6.45) is 0.992. The molecule has 1 aliphatic rings. The molecule has 1 aliphatic heterocycles. The molecular weight excluding hydrogens is 533 g/mol. The number of ether oxygens (including phenoxy) is 1. The number of hydrogen-bond donors (Lipinski definition) is 1. The lowest BCUT2D eigenvalue weighted by Crippen LogP contribution is -2.48. The third-order valence-corrected chi connectivity index (χ3v) is 7.52. The van der Waals surface area contributed by atoms with Crippen LogP contribution in [-0.2, 0) is 13.1 Å². The van der Waals surface area contributed by atoms with Crippen LogP contribution in [0.3, 0.4) is 0 Å². The lowest BCUT2D eigenvalue weighted by Gasteiger charge is -2.35. The Kier molecular flexibility index (Phi) is 8.30. The van der Waals surface area contributed by atoms with E-state index in [1.54, 1.807) is 19.1 Å². The zero-order valence-corrected chi connectivity index (χ0v) is 22.6. The zero-order chi connectivity index (χ0) is 29.1. The Labute approximate surface area is 235 Å². The largest absolute Gasteiger partial charge is 0.490 e. The van der Waals surface area contributed by atoms with Crippen molar-refractivity contribution in [3.05, 3.63) is 128 Å². The van der Waals surface area contributed by atoms with Gasteiger partial charge in [-0.2, -0.15) is 0 Å². The van der Waals surface area contributed by atoms with Crippen LogP contribution in [0.2, 0.25) is 0 Å². The van der Waals surface area contributed by atoms with Crippen LogP contribution in [0.5, 0.6) is 5.75 Å². The highest BCUT2D eigenvalue weighted by molar-refractivity contribution is 5.49. The van der Waals surface area contributed by atoms with E-state index in [9.17, 15) is 22.8 Å². The number of nitrogens with zero attached hydrogens (tertiary/aromatic N) is 3. The van der Waals surface area contributed by atoms with Crippen LogP contribution >= 0.6 is 0 Å². The van der Waals surface area contributed by atoms with E-state index in [2.05, 4.69) is 0 Å². The average Bonchev–Trinajstić information content (AvgIpc) is 2.97. The van der Waals surface area contributed by atoms with Crippen LogP contribution in [-0.4, -0.2) is 28.3 Å². The molecule has 0 radical (unpaired) electrons. The van der Waals surface area contributed by atoms with Crippen LogP contribution in [0.1, 0.15) is 35.7 Å². The van der Waals surface area contributed by atoms with Crippen molar-refractivity contribution in [2.75, 3.05) is 18.0 Å². The maximum atomic E-state index is 14.6. The maximum Gasteiger partial charge on any atom is 0.331 e. The number of aromatic nitrogens is 2. The van der Waals surface area contributed by atoms with E-state index in [1.807, 2.05) is 35.2 Å². The molecular formula is C31H31F3N4O3. The van der Waals surface area contributed by atoms with Gasteiger partial charge >= 0.3 is 5.69 Å². The highest BCUT2D eigenvalue weighted by atomic mass is 19.1. The number of halogens is 3. The summed E-state index contributed by atoms with van der Waals surface area (Å²) in [5.41, 5.74) is 6.26. The van der Waals surface area contributed by atoms with Gasteiger partial charge in [-0.25, -0.2) is 18.0 Å². The molecule has 1 atom stereocenters. The van der Waals surface area contributed by atoms with Crippen LogP contribution in [0.15, 0.2) is 82.4 Å². The van der Waals surface area contributed by atoms with Gasteiger partial charge in [0.1, 0.15) is 35.0 Å². The van der Waals surface area contributed by atoms with Crippen molar-refractivity contribution >= 4 is 5.69 Å². The van der Waals surface area contributed by atoms with E-state index in [1.165, 1.54) is 22.8 Å². The molecule has 5 rings (SSSR count). The first kappa shape index (κ1) is 28.2. The van der Waals surface area contributed by atoms with E-state index >= 15 is 0 Å². The van der Waals surface area contributed by atoms with Gasteiger partial charge in [-0.15, -0.1) is 0 Å². The Morgan fingerprint density at radius 3 is 2.15 bits per heavy atom. The summed E-state index contributed by atoms with van der Waals surface area (Å²) < 4.78 is 50.8. The molecule has 1 unspecified atom stereocenters. The second-order valence-electron chi connectivity index (χ2n) is 10.2. The Morgan fingerprint density at radius 1 is 0.878 bits per heavy atom. The number of benzene rings is 3. The number of piperidine rings is 1. The molecule has 0 spiro atoms. The first-order valence-corrected chi connectivity index (χ1v) is 13.5. The molecule has 41 heavy (non-hydrogen) atoms. The number of anilines is 1. The van der Waals surface area contributed by atoms with E-state index in [0.717, 1.165) is 22.3 Å². The van der Waals surface area contributed by atoms with Crippen molar-refractivity contribution in [2.24, 2.45) is 5.73 Å². The highest BCUT2D eigenvalue weighted by Crippen LogP contribution is 2.25. The molecule has 0 aliphatic carbocycles. The number of nitrogens with two attached hydrogens (primary N) is 1. The molecule has 1 fully saturated rings. The van der Waals surface area contributed by atoms with Crippen LogP contribution < -0.4 is 26.6 Å². The van der Waals surface area contributed by atoms with Crippen molar-refractivity contribution in [1.29, 1.82) is 0 Å². The molecule has 1 aromatic heterocycles. The van der Waals surface area contributed by atoms with Gasteiger partial charge in [0.2, 0.25) is 0 Å². The summed E-state index contributed by atoms with van der Waals surface area (Å²) in [5, 5.41) is 0. The van der Waals surface area contributed by atoms with E-state index in [-0.39, 0.29) is 36.3 Å². The summed E-state index contributed by atoms with van der Waals surface area (Å²) in [4.78, 5) is 29.4. The molecule has 2 heterocycles. The predicted molar refractivity (Wildman–Crippen MR) is 151 cm³/mol. The minimum atomic E-state index is -0.782. The third-order valence-electron chi connectivity index (χ3n) is 7.52. The highest BCUT2D eigenvalue weighted by Gasteiger charge is 2.28. The fourth-order valence-corrected chi connectivity index (χ4v) is 5.24. The molecule has 4 aromatic rings. The van der Waals surface area contributed by atoms with Crippen molar-refractivity contribution in [1.82, 2.24) is 9.13 Å². The standard InChI is InChI=1S/C31H31F3N4O3/c1-20-29(36-16-14-24(15-17-36)41-23-12-10-22(32)11-13-23)30(39)38(19-28(35)21-6-3-2-4-7-21)31(40)37(20)18-25-26(33)8-5-9-27(25)34/h2-13,24,28H,14-19,35H2,1H3. The summed E-state index contributed by atoms with van der Waals surface area (Å²) in [7, 11) is 0. The molecule has 0 amide bonds. The van der Waals surface area contributed by atoms with E-state index < -0.39 is 28.9 Å². The predicted octanol–water partition coefficient (Wildman–Crippen LogP) is 4.53. The molecule has 1 saturated heterocycles. The fraction of sp³-hybridized carbons (Fsp3) is 0.290. The smallest absolute Gasteiger partial charge is 0.331 e. The third kappa shape index (κ3) is 6.07. The van der Waals surface area contributed by atoms with Gasteiger partial charge in [-0.05, 0) is 48.9 Å². The molecule has 214 valence electrons. The van der Waals surface area contributed by atoms with Gasteiger partial charge in [0.05, 0.1) is 13.1 Å². The van der Waals surface area contributed by atoms with Gasteiger partial charge in [0.25, 0.3) is 5.56 Å². The van der Waals surface area contributed by atoms with Crippen LogP contribution in [0.25, 0.3) is 0 Å². The molecule has 3 aromatic carbocycles. The molecule has 7 nitrogen and oxygen atoms in total. The normalized spacial score (nSPS) is 14.7. The molecule has 2 N–H and O–H groups in total. The quantitative estimate of drug-likeness (QED) is 0.340. The molecule has 0 bridgehead atoms. The van der Waals surface area contributed by atoms with Crippen molar-refractivity contribution in [3.63, 3.8) is 0 Å². The second-order valence-corrected chi connectivity index (χ2v) is 10.2. The fourth-order valence-electron chi connectivity index (χ4n) is 5.24. The van der Waals surface area contributed by atoms with Gasteiger partial charge < -0.3 is 15.4 Å². The second kappa shape index (κ2) is 12.1. The Hall–Kier alpha value is -4.31. The topological polar surface area (TPSA) is 82.5 Å². The maximum absolute atomic E-state index is 14.6. The van der Waals surface area contributed by atoms with Gasteiger partial charge in [0, 0.05) is 43.2 Å². The van der Waals surface area contributed by atoms with Gasteiger partial charge in [0.15, 0.2) is 0 Å². The van der Waals surface area contributed by atoms with E-state index in [0.29, 0.717) is 37.4 Å². The lowest BCUT2D eigenvalue weighted by molar-refractivity contribution is 0.170. The van der Waals surface area contributed by atoms with Gasteiger partial charge in [-0.1, -0.05) is 36.4 Å². The average molecular weight is 565 g/mol. The summed E-state index contributed by atoms with van der Waals surface area (Å²) in [5.74, 6) is -1.36. The number of hydrogen-bond acceptors (Lipinski definition) is 5. The first-order valence-electron chi connectivity index (χ1n) is 13.5. The molecule has 10 heteroatoms. The van der Waals surface area contributed by atoms with Crippen LogP contribution in [0, 0.1) is 24.4 Å². The Balaban J connectivity index is 1.49. The van der Waals surface area contributed by atoms with Gasteiger partial charge in [-0.3, -0.25) is 13.9 Å².